The molecule has 0 aromatic heterocycles. The summed E-state index contributed by atoms with van der Waals surface area (Å²) in [6, 6.07) is 0. The van der Waals surface area contributed by atoms with E-state index in [-0.39, 0.29) is 0 Å². The molecule has 1 atom stereocenters. The molecule has 0 aromatic carbocycles. The lowest BCUT2D eigenvalue weighted by atomic mass is 10.7. The summed E-state index contributed by atoms with van der Waals surface area (Å²) in [6.45, 7) is 0. The topological polar surface area (TPSA) is 0 Å². The second kappa shape index (κ2) is 2.62. The van der Waals surface area contributed by atoms with E-state index >= 15 is 0 Å². The van der Waals surface area contributed by atoms with Crippen molar-refractivity contribution >= 4 is 46.8 Å². The van der Waals surface area contributed by atoms with Gasteiger partial charge in [0.15, 0.2) is 0 Å². The van der Waals surface area contributed by atoms with Crippen LogP contribution in [0.25, 0.3) is 0 Å². The second-order valence-corrected chi connectivity index (χ2v) is 5.15. The SMILES string of the molecule is SC1=CC(S)SS1. The fourth-order valence-corrected chi connectivity index (χ4v) is 3.26. The normalized spacial score (nSPS) is 30.6. The minimum atomic E-state index is 0.359. The largest absolute Gasteiger partial charge is 0.160 e. The molecule has 4 heteroatoms. The molecule has 0 radical (unpaired) electrons. The minimum Gasteiger partial charge on any atom is -0.160 e. The van der Waals surface area contributed by atoms with E-state index in [0.717, 1.165) is 4.24 Å². The van der Waals surface area contributed by atoms with Crippen LogP contribution in [0, 0.1) is 0 Å². The Morgan fingerprint density at radius 3 is 2.57 bits per heavy atom. The molecule has 0 spiro atoms. The van der Waals surface area contributed by atoms with Gasteiger partial charge in [0, 0.05) is 4.24 Å². The molecule has 1 unspecified atom stereocenters. The van der Waals surface area contributed by atoms with Gasteiger partial charge >= 0.3 is 0 Å². The average Bonchev–Trinajstić information content (AvgIpc) is 1.87. The molecule has 0 bridgehead atoms. The molecule has 1 rings (SSSR count). The van der Waals surface area contributed by atoms with E-state index in [1.165, 1.54) is 0 Å². The molecule has 0 saturated carbocycles. The zero-order valence-electron chi connectivity index (χ0n) is 3.37. The quantitative estimate of drug-likeness (QED) is 0.421. The Hall–Kier alpha value is 1.14. The molecule has 0 N–H and O–H groups in total. The Morgan fingerprint density at radius 1 is 1.71 bits per heavy atom. The van der Waals surface area contributed by atoms with Crippen LogP contribution in [-0.2, 0) is 0 Å². The summed E-state index contributed by atoms with van der Waals surface area (Å²) in [6.07, 6.45) is 2.02. The second-order valence-electron chi connectivity index (χ2n) is 1.08. The Labute approximate surface area is 61.7 Å². The van der Waals surface area contributed by atoms with Crippen molar-refractivity contribution in [2.75, 3.05) is 0 Å². The highest BCUT2D eigenvalue weighted by Crippen LogP contribution is 2.44. The van der Waals surface area contributed by atoms with Crippen molar-refractivity contribution in [3.63, 3.8) is 0 Å². The van der Waals surface area contributed by atoms with E-state index in [0.29, 0.717) is 4.58 Å². The third-order valence-corrected chi connectivity index (χ3v) is 4.39. The van der Waals surface area contributed by atoms with Crippen molar-refractivity contribution in [3.05, 3.63) is 10.3 Å². The number of hydrogen-bond donors (Lipinski definition) is 2. The first-order valence-electron chi connectivity index (χ1n) is 1.71. The fourth-order valence-electron chi connectivity index (χ4n) is 0.276. The van der Waals surface area contributed by atoms with Gasteiger partial charge in [0.25, 0.3) is 0 Å². The predicted molar refractivity (Wildman–Crippen MR) is 45.0 cm³/mol. The lowest BCUT2D eigenvalue weighted by Gasteiger charge is -1.87. The van der Waals surface area contributed by atoms with Crippen LogP contribution >= 0.6 is 46.8 Å². The van der Waals surface area contributed by atoms with Crippen LogP contribution < -0.4 is 0 Å². The monoisotopic (exact) mass is 168 g/mol. The highest BCUT2D eigenvalue weighted by atomic mass is 33.1. The van der Waals surface area contributed by atoms with Crippen molar-refractivity contribution in [1.29, 1.82) is 0 Å². The lowest BCUT2D eigenvalue weighted by molar-refractivity contribution is 1.72. The summed E-state index contributed by atoms with van der Waals surface area (Å²) in [7, 11) is 3.39. The Balaban J connectivity index is 2.50. The van der Waals surface area contributed by atoms with Crippen LogP contribution in [0.2, 0.25) is 0 Å². The maximum atomic E-state index is 4.17. The molecule has 0 nitrogen and oxygen atoms in total. The van der Waals surface area contributed by atoms with Crippen molar-refractivity contribution < 1.29 is 0 Å². The predicted octanol–water partition coefficient (Wildman–Crippen LogP) is 2.41. The number of thiol groups is 2. The molecular formula is C3H4S4. The number of rotatable bonds is 0. The Morgan fingerprint density at radius 2 is 2.43 bits per heavy atom. The summed E-state index contributed by atoms with van der Waals surface area (Å²) in [5.41, 5.74) is 0. The highest BCUT2D eigenvalue weighted by Gasteiger charge is 2.09. The number of hydrogen-bond acceptors (Lipinski definition) is 4. The Bertz CT molecular complexity index is 97.1. The molecule has 0 aliphatic carbocycles. The standard InChI is InChI=1S/C3H4S4/c4-2-1-3(5)7-6-2/h1-2,4-5H. The Kier molecular flexibility index (Phi) is 2.34. The molecule has 0 fully saturated rings. The minimum absolute atomic E-state index is 0.359. The van der Waals surface area contributed by atoms with Gasteiger partial charge in [-0.1, -0.05) is 10.8 Å². The summed E-state index contributed by atoms with van der Waals surface area (Å²) in [5.74, 6) is 0. The van der Waals surface area contributed by atoms with E-state index < -0.39 is 0 Å². The van der Waals surface area contributed by atoms with Gasteiger partial charge in [-0.15, -0.1) is 12.6 Å². The van der Waals surface area contributed by atoms with Crippen LogP contribution in [0.3, 0.4) is 0 Å². The van der Waals surface area contributed by atoms with Crippen molar-refractivity contribution in [1.82, 2.24) is 0 Å². The zero-order valence-corrected chi connectivity index (χ0v) is 6.79. The molecule has 0 saturated heterocycles. The van der Waals surface area contributed by atoms with Crippen molar-refractivity contribution in [2.24, 2.45) is 0 Å². The molecule has 40 valence electrons. The summed E-state index contributed by atoms with van der Waals surface area (Å²) in [4.78, 5) is 0. The first-order chi connectivity index (χ1) is 3.29. The van der Waals surface area contributed by atoms with Crippen molar-refractivity contribution in [2.45, 2.75) is 4.58 Å². The van der Waals surface area contributed by atoms with Gasteiger partial charge in [0.1, 0.15) is 0 Å². The van der Waals surface area contributed by atoms with Crippen molar-refractivity contribution in [3.8, 4) is 0 Å². The van der Waals surface area contributed by atoms with Gasteiger partial charge in [0.05, 0.1) is 4.58 Å². The summed E-state index contributed by atoms with van der Waals surface area (Å²) in [5, 5.41) is 0. The van der Waals surface area contributed by atoms with Gasteiger partial charge in [-0.05, 0) is 16.9 Å². The van der Waals surface area contributed by atoms with Gasteiger partial charge < -0.3 is 0 Å². The first kappa shape index (κ1) is 6.26. The van der Waals surface area contributed by atoms with E-state index in [1.807, 2.05) is 6.08 Å². The summed E-state index contributed by atoms with van der Waals surface area (Å²) >= 11 is 8.27. The maximum Gasteiger partial charge on any atom is 0.0778 e. The van der Waals surface area contributed by atoms with Crippen LogP contribution in [0.5, 0.6) is 0 Å². The third-order valence-electron chi connectivity index (χ3n) is 0.517. The zero-order chi connectivity index (χ0) is 5.28. The van der Waals surface area contributed by atoms with E-state index in [1.54, 1.807) is 21.6 Å². The summed E-state index contributed by atoms with van der Waals surface area (Å²) < 4.78 is 1.43. The molecule has 0 aromatic rings. The maximum absolute atomic E-state index is 4.17. The molecular weight excluding hydrogens is 164 g/mol. The van der Waals surface area contributed by atoms with E-state index in [2.05, 4.69) is 25.3 Å². The van der Waals surface area contributed by atoms with Crippen LogP contribution in [0.15, 0.2) is 10.3 Å². The van der Waals surface area contributed by atoms with Gasteiger partial charge in [-0.3, -0.25) is 0 Å². The average molecular weight is 168 g/mol. The third kappa shape index (κ3) is 1.83. The van der Waals surface area contributed by atoms with Gasteiger partial charge in [0.2, 0.25) is 0 Å². The lowest BCUT2D eigenvalue weighted by Crippen LogP contribution is -1.72. The highest BCUT2D eigenvalue weighted by molar-refractivity contribution is 8.81. The first-order valence-corrected chi connectivity index (χ1v) is 4.89. The van der Waals surface area contributed by atoms with Crippen LogP contribution in [0.4, 0.5) is 0 Å². The van der Waals surface area contributed by atoms with E-state index in [4.69, 9.17) is 0 Å². The smallest absolute Gasteiger partial charge is 0.0778 e. The molecule has 1 heterocycles. The molecule has 7 heavy (non-hydrogen) atoms. The molecule has 1 aliphatic rings. The van der Waals surface area contributed by atoms with Crippen LogP contribution in [-0.4, -0.2) is 4.58 Å². The fraction of sp³-hybridized carbons (Fsp3) is 0.333. The van der Waals surface area contributed by atoms with Gasteiger partial charge in [-0.2, -0.15) is 12.6 Å². The van der Waals surface area contributed by atoms with E-state index in [9.17, 15) is 0 Å². The van der Waals surface area contributed by atoms with Crippen LogP contribution in [0.1, 0.15) is 0 Å². The molecule has 1 aliphatic heterocycles. The molecule has 0 amide bonds. The van der Waals surface area contributed by atoms with Gasteiger partial charge in [-0.25, -0.2) is 0 Å².